The number of halogens is 2. The van der Waals surface area contributed by atoms with E-state index in [1.807, 2.05) is 6.07 Å². The van der Waals surface area contributed by atoms with Gasteiger partial charge in [-0.2, -0.15) is 5.26 Å². The van der Waals surface area contributed by atoms with Crippen LogP contribution in [0.5, 0.6) is 0 Å². The number of nitrogens with zero attached hydrogens (tertiary/aromatic N) is 1. The van der Waals surface area contributed by atoms with Gasteiger partial charge in [-0.05, 0) is 37.9 Å². The topological polar surface area (TPSA) is 56.0 Å². The summed E-state index contributed by atoms with van der Waals surface area (Å²) in [5, 5.41) is 20.6. The quantitative estimate of drug-likeness (QED) is 0.526. The predicted octanol–water partition coefficient (Wildman–Crippen LogP) is 1.88. The van der Waals surface area contributed by atoms with Crippen molar-refractivity contribution in [1.29, 1.82) is 5.26 Å². The third-order valence-electron chi connectivity index (χ3n) is 1.22. The molecule has 0 bridgehead atoms. The van der Waals surface area contributed by atoms with E-state index in [4.69, 9.17) is 5.26 Å². The molecule has 1 aliphatic heterocycles. The standard InChI is InChI=1S/C6H4Br2N2O/c7-4-1-2-10-6(8,3-9)5(4)11/h1-2,10-11H. The third-order valence-corrected chi connectivity index (χ3v) is 2.64. The molecule has 0 saturated heterocycles. The number of aliphatic hydroxyl groups is 1. The summed E-state index contributed by atoms with van der Waals surface area (Å²) in [6.07, 6.45) is 3.19. The molecule has 0 aliphatic carbocycles. The number of allylic oxidation sites excluding steroid dienone is 2. The maximum Gasteiger partial charge on any atom is 0.239 e. The van der Waals surface area contributed by atoms with Crippen molar-refractivity contribution < 1.29 is 5.11 Å². The van der Waals surface area contributed by atoms with E-state index in [1.54, 1.807) is 12.3 Å². The van der Waals surface area contributed by atoms with Crippen molar-refractivity contribution in [3.63, 3.8) is 0 Å². The number of rotatable bonds is 0. The fourth-order valence-corrected chi connectivity index (χ4v) is 1.67. The minimum Gasteiger partial charge on any atom is -0.507 e. The molecule has 2 N–H and O–H groups in total. The van der Waals surface area contributed by atoms with E-state index < -0.39 is 4.45 Å². The Kier molecular flexibility index (Phi) is 2.25. The summed E-state index contributed by atoms with van der Waals surface area (Å²) in [7, 11) is 0. The van der Waals surface area contributed by atoms with E-state index >= 15 is 0 Å². The molecule has 0 aromatic carbocycles. The lowest BCUT2D eigenvalue weighted by molar-refractivity contribution is 0.361. The second-order valence-electron chi connectivity index (χ2n) is 1.94. The third kappa shape index (κ3) is 1.42. The molecule has 1 aliphatic rings. The first-order chi connectivity index (χ1) is 5.10. The van der Waals surface area contributed by atoms with Gasteiger partial charge in [0.2, 0.25) is 4.45 Å². The van der Waals surface area contributed by atoms with Gasteiger partial charge in [0.1, 0.15) is 6.07 Å². The summed E-state index contributed by atoms with van der Waals surface area (Å²) in [4.78, 5) is 0. The summed E-state index contributed by atoms with van der Waals surface area (Å²) >= 11 is 6.13. The van der Waals surface area contributed by atoms with Gasteiger partial charge in [0.25, 0.3) is 0 Å². The van der Waals surface area contributed by atoms with Crippen LogP contribution in [0.1, 0.15) is 0 Å². The van der Waals surface area contributed by atoms with Crippen molar-refractivity contribution in [3.05, 3.63) is 22.5 Å². The minimum absolute atomic E-state index is 0.0671. The summed E-state index contributed by atoms with van der Waals surface area (Å²) < 4.78 is -0.685. The Hall–Kier alpha value is -0.470. The molecule has 0 amide bonds. The largest absolute Gasteiger partial charge is 0.507 e. The average molecular weight is 280 g/mol. The molecule has 11 heavy (non-hydrogen) atoms. The molecule has 5 heteroatoms. The van der Waals surface area contributed by atoms with E-state index in [2.05, 4.69) is 37.2 Å². The highest BCUT2D eigenvalue weighted by Crippen LogP contribution is 2.30. The molecule has 0 fully saturated rings. The molecule has 0 spiro atoms. The molecular formula is C6H4Br2N2O. The Morgan fingerprint density at radius 2 is 2.36 bits per heavy atom. The number of aliphatic hydroxyl groups excluding tert-OH is 1. The van der Waals surface area contributed by atoms with Gasteiger partial charge >= 0.3 is 0 Å². The first-order valence-electron chi connectivity index (χ1n) is 2.74. The summed E-state index contributed by atoms with van der Waals surface area (Å²) in [5.41, 5.74) is 0. The maximum absolute atomic E-state index is 9.35. The van der Waals surface area contributed by atoms with E-state index in [0.717, 1.165) is 0 Å². The highest BCUT2D eigenvalue weighted by Gasteiger charge is 2.33. The average Bonchev–Trinajstić information content (AvgIpc) is 2.00. The lowest BCUT2D eigenvalue weighted by Gasteiger charge is -2.22. The smallest absolute Gasteiger partial charge is 0.239 e. The fraction of sp³-hybridized carbons (Fsp3) is 0.167. The zero-order valence-electron chi connectivity index (χ0n) is 5.31. The van der Waals surface area contributed by atoms with Gasteiger partial charge in [-0.15, -0.1) is 0 Å². The SMILES string of the molecule is N#CC1(Br)NC=CC(Br)=C1O. The number of nitrogens with one attached hydrogen (secondary N) is 1. The first kappa shape index (κ1) is 8.62. The van der Waals surface area contributed by atoms with Gasteiger partial charge in [-0.1, -0.05) is 0 Å². The van der Waals surface area contributed by atoms with E-state index in [1.165, 1.54) is 0 Å². The van der Waals surface area contributed by atoms with Crippen molar-refractivity contribution in [2.75, 3.05) is 0 Å². The van der Waals surface area contributed by atoms with Gasteiger partial charge in [0.15, 0.2) is 5.76 Å². The Labute approximate surface area is 80.7 Å². The van der Waals surface area contributed by atoms with Gasteiger partial charge < -0.3 is 10.4 Å². The van der Waals surface area contributed by atoms with Crippen molar-refractivity contribution in [1.82, 2.24) is 5.32 Å². The highest BCUT2D eigenvalue weighted by molar-refractivity contribution is 9.12. The van der Waals surface area contributed by atoms with Gasteiger partial charge in [-0.25, -0.2) is 0 Å². The first-order valence-corrected chi connectivity index (χ1v) is 4.32. The molecule has 1 unspecified atom stereocenters. The summed E-state index contributed by atoms with van der Waals surface area (Å²) in [5.74, 6) is -0.0671. The van der Waals surface area contributed by atoms with Crippen LogP contribution >= 0.6 is 31.9 Å². The normalized spacial score (nSPS) is 29.5. The predicted molar refractivity (Wildman–Crippen MR) is 48.1 cm³/mol. The second-order valence-corrected chi connectivity index (χ2v) is 3.99. The van der Waals surface area contributed by atoms with Crippen molar-refractivity contribution >= 4 is 31.9 Å². The Morgan fingerprint density at radius 1 is 1.73 bits per heavy atom. The molecule has 1 atom stereocenters. The molecule has 0 aromatic heterocycles. The minimum atomic E-state index is -1.18. The molecule has 58 valence electrons. The van der Waals surface area contributed by atoms with Gasteiger partial charge in [-0.3, -0.25) is 0 Å². The summed E-state index contributed by atoms with van der Waals surface area (Å²) in [6.45, 7) is 0. The van der Waals surface area contributed by atoms with Gasteiger partial charge in [0, 0.05) is 6.20 Å². The van der Waals surface area contributed by atoms with E-state index in [0.29, 0.717) is 4.48 Å². The number of hydrogen-bond donors (Lipinski definition) is 2. The van der Waals surface area contributed by atoms with Crippen molar-refractivity contribution in [2.45, 2.75) is 4.45 Å². The number of hydrogen-bond acceptors (Lipinski definition) is 3. The lowest BCUT2D eigenvalue weighted by atomic mass is 10.2. The maximum atomic E-state index is 9.35. The molecule has 0 radical (unpaired) electrons. The molecule has 1 heterocycles. The van der Waals surface area contributed by atoms with Crippen LogP contribution in [0.3, 0.4) is 0 Å². The zero-order valence-corrected chi connectivity index (χ0v) is 8.48. The Bertz CT molecular complexity index is 279. The Morgan fingerprint density at radius 3 is 2.82 bits per heavy atom. The van der Waals surface area contributed by atoms with E-state index in [9.17, 15) is 5.11 Å². The second kappa shape index (κ2) is 2.88. The van der Waals surface area contributed by atoms with Crippen LogP contribution in [-0.4, -0.2) is 9.55 Å². The number of nitriles is 1. The zero-order chi connectivity index (χ0) is 8.48. The molecule has 1 rings (SSSR count). The molecule has 0 saturated carbocycles. The number of alkyl halides is 1. The lowest BCUT2D eigenvalue weighted by Crippen LogP contribution is -2.38. The van der Waals surface area contributed by atoms with Crippen molar-refractivity contribution in [3.8, 4) is 6.07 Å². The number of dihydropyridines is 1. The van der Waals surface area contributed by atoms with Crippen LogP contribution in [-0.2, 0) is 0 Å². The summed E-state index contributed by atoms with van der Waals surface area (Å²) in [6, 6.07) is 1.88. The van der Waals surface area contributed by atoms with Crippen molar-refractivity contribution in [2.24, 2.45) is 0 Å². The molecule has 3 nitrogen and oxygen atoms in total. The van der Waals surface area contributed by atoms with Crippen LogP contribution in [0.4, 0.5) is 0 Å². The fourth-order valence-electron chi connectivity index (χ4n) is 0.627. The van der Waals surface area contributed by atoms with Crippen LogP contribution in [0.25, 0.3) is 0 Å². The monoisotopic (exact) mass is 278 g/mol. The van der Waals surface area contributed by atoms with Gasteiger partial charge in [0.05, 0.1) is 4.48 Å². The van der Waals surface area contributed by atoms with Crippen LogP contribution in [0.2, 0.25) is 0 Å². The van der Waals surface area contributed by atoms with Crippen LogP contribution in [0.15, 0.2) is 22.5 Å². The highest BCUT2D eigenvalue weighted by atomic mass is 79.9. The Balaban J connectivity index is 3.10. The molecule has 0 aromatic rings. The van der Waals surface area contributed by atoms with Crippen LogP contribution in [0, 0.1) is 11.3 Å². The molecular weight excluding hydrogens is 276 g/mol. The van der Waals surface area contributed by atoms with Crippen LogP contribution < -0.4 is 5.32 Å². The van der Waals surface area contributed by atoms with E-state index in [-0.39, 0.29) is 5.76 Å².